The molecule has 0 spiro atoms. The van der Waals surface area contributed by atoms with Crippen molar-refractivity contribution >= 4 is 23.6 Å². The Morgan fingerprint density at radius 2 is 1.94 bits per heavy atom. The van der Waals surface area contributed by atoms with E-state index in [-0.39, 0.29) is 17.2 Å². The van der Waals surface area contributed by atoms with E-state index in [1.165, 1.54) is 23.8 Å². The Bertz CT molecular complexity index is 263. The predicted octanol–water partition coefficient (Wildman–Crippen LogP) is 1.08. The molecule has 0 atom stereocenters. The molecule has 0 bridgehead atoms. The largest absolute Gasteiger partial charge is 0.480 e. The number of thioether (sulfide) groups is 1. The van der Waals surface area contributed by atoms with Crippen LogP contribution in [0, 0.1) is 0 Å². The van der Waals surface area contributed by atoms with Crippen molar-refractivity contribution in [3.05, 3.63) is 0 Å². The van der Waals surface area contributed by atoms with Crippen molar-refractivity contribution in [3.63, 3.8) is 0 Å². The molecule has 0 radical (unpaired) electrons. The molecule has 6 heteroatoms. The van der Waals surface area contributed by atoms with Gasteiger partial charge in [-0.05, 0) is 0 Å². The van der Waals surface area contributed by atoms with Crippen LogP contribution in [0.1, 0.15) is 20.8 Å². The van der Waals surface area contributed by atoms with Crippen LogP contribution in [0.15, 0.2) is 0 Å². The third kappa shape index (κ3) is 9.00. The smallest absolute Gasteiger partial charge is 0.323 e. The lowest BCUT2D eigenvalue weighted by molar-refractivity contribution is -0.143. The van der Waals surface area contributed by atoms with Crippen LogP contribution >= 0.6 is 11.8 Å². The number of carbonyl (C=O) groups is 2. The van der Waals surface area contributed by atoms with Gasteiger partial charge >= 0.3 is 5.97 Å². The maximum Gasteiger partial charge on any atom is 0.323 e. The average Bonchev–Trinajstić information content (AvgIpc) is 2.19. The highest BCUT2D eigenvalue weighted by Gasteiger charge is 2.19. The van der Waals surface area contributed by atoms with Crippen molar-refractivity contribution in [3.8, 4) is 0 Å². The van der Waals surface area contributed by atoms with Crippen LogP contribution in [0.4, 0.5) is 0 Å². The highest BCUT2D eigenvalue weighted by molar-refractivity contribution is 8.01. The highest BCUT2D eigenvalue weighted by Crippen LogP contribution is 2.23. The second-order valence-electron chi connectivity index (χ2n) is 4.60. The second kappa shape index (κ2) is 7.55. The number of carboxylic acid groups (broad SMARTS) is 1. The summed E-state index contributed by atoms with van der Waals surface area (Å²) in [4.78, 5) is 23.8. The fourth-order valence-corrected chi connectivity index (χ4v) is 1.77. The third-order valence-corrected chi connectivity index (χ3v) is 3.13. The van der Waals surface area contributed by atoms with Gasteiger partial charge in [0.2, 0.25) is 5.91 Å². The van der Waals surface area contributed by atoms with Gasteiger partial charge in [0.15, 0.2) is 0 Å². The molecule has 0 saturated carbocycles. The molecule has 0 aromatic heterocycles. The van der Waals surface area contributed by atoms with E-state index in [0.717, 1.165) is 0 Å². The number of ether oxygens (including phenoxy) is 1. The van der Waals surface area contributed by atoms with Crippen molar-refractivity contribution in [1.82, 2.24) is 4.90 Å². The number of hydrogen-bond acceptors (Lipinski definition) is 4. The molecule has 0 aromatic carbocycles. The number of carbonyl (C=O) groups excluding carboxylic acids is 1. The van der Waals surface area contributed by atoms with Gasteiger partial charge in [-0.25, -0.2) is 0 Å². The number of hydrogen-bond donors (Lipinski definition) is 1. The number of aliphatic carboxylic acids is 1. The molecule has 0 aliphatic heterocycles. The molecular formula is C11H21NO4S. The maximum absolute atomic E-state index is 11.8. The van der Waals surface area contributed by atoms with E-state index in [1.807, 2.05) is 20.8 Å². The molecule has 0 rings (SSSR count). The molecule has 5 nitrogen and oxygen atoms in total. The van der Waals surface area contributed by atoms with Gasteiger partial charge in [-0.1, -0.05) is 20.8 Å². The molecule has 0 saturated heterocycles. The van der Waals surface area contributed by atoms with Crippen LogP contribution in [-0.4, -0.2) is 59.2 Å². The summed E-state index contributed by atoms with van der Waals surface area (Å²) in [6.07, 6.45) is 0. The number of rotatable bonds is 7. The Labute approximate surface area is 107 Å². The van der Waals surface area contributed by atoms with Gasteiger partial charge in [-0.15, -0.1) is 11.8 Å². The number of methoxy groups -OCH3 is 1. The Morgan fingerprint density at radius 3 is 2.35 bits per heavy atom. The average molecular weight is 263 g/mol. The third-order valence-electron chi connectivity index (χ3n) is 1.87. The minimum atomic E-state index is -1.00. The number of nitrogens with zero attached hydrogens (tertiary/aromatic N) is 1. The lowest BCUT2D eigenvalue weighted by atomic mass is 10.3. The first-order chi connectivity index (χ1) is 7.76. The number of carboxylic acids is 1. The predicted molar refractivity (Wildman–Crippen MR) is 68.3 cm³/mol. The monoisotopic (exact) mass is 263 g/mol. The lowest BCUT2D eigenvalue weighted by Gasteiger charge is -2.23. The van der Waals surface area contributed by atoms with Crippen LogP contribution in [0.25, 0.3) is 0 Å². The Kier molecular flexibility index (Phi) is 7.22. The van der Waals surface area contributed by atoms with E-state index in [2.05, 4.69) is 0 Å². The van der Waals surface area contributed by atoms with E-state index in [4.69, 9.17) is 9.84 Å². The zero-order valence-electron chi connectivity index (χ0n) is 10.9. The quantitative estimate of drug-likeness (QED) is 0.744. The minimum Gasteiger partial charge on any atom is -0.480 e. The van der Waals surface area contributed by atoms with Gasteiger partial charge in [-0.3, -0.25) is 9.59 Å². The van der Waals surface area contributed by atoms with Gasteiger partial charge in [-0.2, -0.15) is 0 Å². The fraction of sp³-hybridized carbons (Fsp3) is 0.818. The molecule has 100 valence electrons. The standard InChI is InChI=1S/C11H21NO4S/c1-11(2,3)17-8-9(13)12(5-6-16-4)7-10(14)15/h5-8H2,1-4H3,(H,14,15). The molecule has 0 aliphatic carbocycles. The van der Waals surface area contributed by atoms with Gasteiger partial charge < -0.3 is 14.7 Å². The second-order valence-corrected chi connectivity index (χ2v) is 6.40. The van der Waals surface area contributed by atoms with E-state index >= 15 is 0 Å². The zero-order valence-corrected chi connectivity index (χ0v) is 11.7. The maximum atomic E-state index is 11.8. The van der Waals surface area contributed by atoms with Crippen molar-refractivity contribution in [2.24, 2.45) is 0 Å². The molecular weight excluding hydrogens is 242 g/mol. The molecule has 0 heterocycles. The minimum absolute atomic E-state index is 0.00813. The first-order valence-corrected chi connectivity index (χ1v) is 6.37. The summed E-state index contributed by atoms with van der Waals surface area (Å²) >= 11 is 1.51. The van der Waals surface area contributed by atoms with Gasteiger partial charge in [0, 0.05) is 18.4 Å². The first-order valence-electron chi connectivity index (χ1n) is 5.38. The van der Waals surface area contributed by atoms with E-state index < -0.39 is 5.97 Å². The summed E-state index contributed by atoms with van der Waals surface area (Å²) in [5.41, 5.74) is 0. The van der Waals surface area contributed by atoms with Crippen molar-refractivity contribution in [1.29, 1.82) is 0 Å². The fourth-order valence-electron chi connectivity index (χ4n) is 1.03. The van der Waals surface area contributed by atoms with Crippen molar-refractivity contribution in [2.45, 2.75) is 25.5 Å². The Balaban J connectivity index is 4.26. The molecule has 1 N–H and O–H groups in total. The van der Waals surface area contributed by atoms with Crippen molar-refractivity contribution < 1.29 is 19.4 Å². The Morgan fingerprint density at radius 1 is 1.35 bits per heavy atom. The van der Waals surface area contributed by atoms with Crippen LogP contribution in [0.5, 0.6) is 0 Å². The molecule has 0 aliphatic rings. The normalized spacial score (nSPS) is 11.3. The molecule has 0 unspecified atom stereocenters. The summed E-state index contributed by atoms with van der Waals surface area (Å²) in [6.45, 7) is 6.43. The summed E-state index contributed by atoms with van der Waals surface area (Å²) in [5.74, 6) is -0.875. The molecule has 17 heavy (non-hydrogen) atoms. The topological polar surface area (TPSA) is 66.8 Å². The SMILES string of the molecule is COCCN(CC(=O)O)C(=O)CSC(C)(C)C. The molecule has 1 amide bonds. The van der Waals surface area contributed by atoms with Crippen LogP contribution in [0.3, 0.4) is 0 Å². The van der Waals surface area contributed by atoms with Gasteiger partial charge in [0.1, 0.15) is 6.54 Å². The summed E-state index contributed by atoms with van der Waals surface area (Å²) in [6, 6.07) is 0. The van der Waals surface area contributed by atoms with E-state index in [9.17, 15) is 9.59 Å². The van der Waals surface area contributed by atoms with Crippen LogP contribution < -0.4 is 0 Å². The van der Waals surface area contributed by atoms with E-state index in [0.29, 0.717) is 18.9 Å². The number of amides is 1. The highest BCUT2D eigenvalue weighted by atomic mass is 32.2. The van der Waals surface area contributed by atoms with Gasteiger partial charge in [0.25, 0.3) is 0 Å². The zero-order chi connectivity index (χ0) is 13.5. The van der Waals surface area contributed by atoms with Gasteiger partial charge in [0.05, 0.1) is 12.4 Å². The lowest BCUT2D eigenvalue weighted by Crippen LogP contribution is -2.39. The van der Waals surface area contributed by atoms with Crippen LogP contribution in [0.2, 0.25) is 0 Å². The molecule has 0 fully saturated rings. The summed E-state index contributed by atoms with van der Waals surface area (Å²) in [7, 11) is 1.52. The van der Waals surface area contributed by atoms with Crippen molar-refractivity contribution in [2.75, 3.05) is 32.6 Å². The summed E-state index contributed by atoms with van der Waals surface area (Å²) < 4.78 is 4.85. The van der Waals surface area contributed by atoms with Crippen LogP contribution in [-0.2, 0) is 14.3 Å². The molecule has 0 aromatic rings. The Hall–Kier alpha value is -0.750. The first kappa shape index (κ1) is 16.2. The summed E-state index contributed by atoms with van der Waals surface area (Å²) in [5, 5.41) is 8.72. The van der Waals surface area contributed by atoms with E-state index in [1.54, 1.807) is 0 Å².